The van der Waals surface area contributed by atoms with Gasteiger partial charge in [-0.1, -0.05) is 74.1 Å². The number of unbranched alkanes of at least 4 members (excludes halogenated alkanes) is 1. The molecule has 6 N–H and O–H groups in total. The maximum Gasteiger partial charge on any atom is 0.186 e. The highest BCUT2D eigenvalue weighted by atomic mass is 16.5. The van der Waals surface area contributed by atoms with Crippen LogP contribution in [-0.4, -0.2) is 47.3 Å². The number of hydrogen-bond donors (Lipinski definition) is 4. The molecule has 2 saturated carbocycles. The van der Waals surface area contributed by atoms with Gasteiger partial charge in [0.05, 0.1) is 18.2 Å². The number of hydrogen-bond acceptors (Lipinski definition) is 6. The van der Waals surface area contributed by atoms with Crippen LogP contribution in [0.1, 0.15) is 112 Å². The van der Waals surface area contributed by atoms with Crippen LogP contribution in [0.5, 0.6) is 17.2 Å². The lowest BCUT2D eigenvalue weighted by molar-refractivity contribution is -0.114. The predicted molar refractivity (Wildman–Crippen MR) is 213 cm³/mol. The standard InChI is InChI=1S/C46H57N3O5/c1-4-5-6-12-30(50)19-18-29-25-41(54-32-14-7-8-15-32)45(52)44-33(29)16-10-17-39(49-46(47)48)34-20-21-40(53-3)42-38(34)26-36-35(28-11-9-13-31(51)24-28)22-27(2)23-37(36)43(42)44/h6,9,11-13,20-21,24-27,32,34-35,37-40,42-43,51-52H,4-5,7-8,14-15,17-19,22-23H2,1-3H3,(H4,47,48,49)/b12-6+/t27-,34+,35+,37-,38-,39-,40-,42-,43+/m1/s1. The summed E-state index contributed by atoms with van der Waals surface area (Å²) in [6, 6.07) is 9.33. The van der Waals surface area contributed by atoms with E-state index in [1.54, 1.807) is 19.3 Å². The molecule has 5 aliphatic rings. The lowest BCUT2D eigenvalue weighted by Gasteiger charge is -2.53. The van der Waals surface area contributed by atoms with Gasteiger partial charge in [-0.25, -0.2) is 4.99 Å². The number of fused-ring (bicyclic) bond motifs is 4. The van der Waals surface area contributed by atoms with E-state index in [-0.39, 0.29) is 77.0 Å². The second-order valence-electron chi connectivity index (χ2n) is 16.3. The normalized spacial score (nSPS) is 30.1. The minimum Gasteiger partial charge on any atom is -0.508 e. The summed E-state index contributed by atoms with van der Waals surface area (Å²) in [6.07, 6.45) is 19.3. The van der Waals surface area contributed by atoms with Gasteiger partial charge >= 0.3 is 0 Å². The number of nitrogens with zero attached hydrogens (tertiary/aromatic N) is 1. The number of aliphatic imine (C=N–C) groups is 1. The van der Waals surface area contributed by atoms with Crippen molar-refractivity contribution in [3.05, 3.63) is 88.5 Å². The van der Waals surface area contributed by atoms with Crippen LogP contribution < -0.4 is 16.2 Å². The molecule has 0 spiro atoms. The molecule has 8 heteroatoms. The second-order valence-corrected chi connectivity index (χ2v) is 16.3. The zero-order chi connectivity index (χ0) is 37.9. The van der Waals surface area contributed by atoms with E-state index in [1.807, 2.05) is 24.3 Å². The molecule has 0 amide bonds. The van der Waals surface area contributed by atoms with E-state index in [0.29, 0.717) is 30.9 Å². The van der Waals surface area contributed by atoms with Gasteiger partial charge in [-0.2, -0.15) is 0 Å². The third-order valence-corrected chi connectivity index (χ3v) is 12.7. The van der Waals surface area contributed by atoms with E-state index >= 15 is 0 Å². The zero-order valence-electron chi connectivity index (χ0n) is 32.0. The van der Waals surface area contributed by atoms with Crippen LogP contribution >= 0.6 is 0 Å². The summed E-state index contributed by atoms with van der Waals surface area (Å²) in [4.78, 5) is 18.0. The van der Waals surface area contributed by atoms with Gasteiger partial charge in [0, 0.05) is 54.7 Å². The van der Waals surface area contributed by atoms with Gasteiger partial charge in [-0.3, -0.25) is 4.79 Å². The molecular weight excluding hydrogens is 675 g/mol. The Morgan fingerprint density at radius 2 is 1.91 bits per heavy atom. The minimum absolute atomic E-state index is 0.0273. The Hall–Kier alpha value is -4.48. The summed E-state index contributed by atoms with van der Waals surface area (Å²) in [5, 5.41) is 23.4. The van der Waals surface area contributed by atoms with Crippen molar-refractivity contribution in [2.24, 2.45) is 46.0 Å². The molecule has 8 nitrogen and oxygen atoms in total. The van der Waals surface area contributed by atoms with E-state index in [4.69, 9.17) is 25.9 Å². The Labute approximate surface area is 320 Å². The van der Waals surface area contributed by atoms with Gasteiger partial charge in [0.1, 0.15) is 5.75 Å². The summed E-state index contributed by atoms with van der Waals surface area (Å²) < 4.78 is 13.1. The monoisotopic (exact) mass is 731 g/mol. The third-order valence-electron chi connectivity index (χ3n) is 12.7. The van der Waals surface area contributed by atoms with Crippen molar-refractivity contribution in [1.82, 2.24) is 0 Å². The van der Waals surface area contributed by atoms with Crippen LogP contribution in [-0.2, 0) is 16.0 Å². The molecular formula is C46H57N3O5. The highest BCUT2D eigenvalue weighted by Gasteiger charge is 2.53. The SMILES string of the molecule is CCC/C=C/C(=O)CCc1cc(OC2CCCC2)c(O)c2c1C#CC[C@@H](N=C(N)N)[C@H]1C=C[C@@H](OC)[C@H]3[C@@H]1C=C1[C@H](c4cccc(O)c4)C[C@@H](C)C[C@H]1[C@H]23. The number of ether oxygens (including phenoxy) is 2. The number of allylic oxidation sites excluding steroid dienone is 4. The summed E-state index contributed by atoms with van der Waals surface area (Å²) in [7, 11) is 1.77. The van der Waals surface area contributed by atoms with Gasteiger partial charge in [-0.15, -0.1) is 0 Å². The molecule has 9 atom stereocenters. The average molecular weight is 732 g/mol. The molecule has 54 heavy (non-hydrogen) atoms. The van der Waals surface area contributed by atoms with Gasteiger partial charge < -0.3 is 31.2 Å². The first kappa shape index (κ1) is 37.8. The number of carbonyl (C=O) groups excluding carboxylic acids is 1. The van der Waals surface area contributed by atoms with Crippen LogP contribution in [0.25, 0.3) is 0 Å². The molecule has 0 aliphatic heterocycles. The largest absolute Gasteiger partial charge is 0.508 e. The predicted octanol–water partition coefficient (Wildman–Crippen LogP) is 7.96. The number of guanidine groups is 1. The third kappa shape index (κ3) is 7.71. The van der Waals surface area contributed by atoms with Crippen molar-refractivity contribution in [3.63, 3.8) is 0 Å². The fourth-order valence-corrected chi connectivity index (χ4v) is 10.4. The van der Waals surface area contributed by atoms with Gasteiger partial charge in [0.2, 0.25) is 0 Å². The summed E-state index contributed by atoms with van der Waals surface area (Å²) in [5.74, 6) is 8.17. The molecule has 2 fully saturated rings. The summed E-state index contributed by atoms with van der Waals surface area (Å²) >= 11 is 0. The van der Waals surface area contributed by atoms with Gasteiger partial charge in [-0.05, 0) is 105 Å². The quantitative estimate of drug-likeness (QED) is 0.0605. The fourth-order valence-electron chi connectivity index (χ4n) is 10.4. The Balaban J connectivity index is 1.48. The summed E-state index contributed by atoms with van der Waals surface area (Å²) in [5.41, 5.74) is 17.1. The number of phenolic OH excluding ortho intramolecular Hbond substituents is 2. The second kappa shape index (κ2) is 16.5. The Morgan fingerprint density at radius 3 is 2.65 bits per heavy atom. The maximum atomic E-state index is 13.2. The zero-order valence-corrected chi connectivity index (χ0v) is 32.0. The number of rotatable bonds is 11. The molecule has 286 valence electrons. The topological polar surface area (TPSA) is 140 Å². The Bertz CT molecular complexity index is 1890. The molecule has 0 unspecified atom stereocenters. The molecule has 0 radical (unpaired) electrons. The van der Waals surface area contributed by atoms with Crippen LogP contribution in [0, 0.1) is 41.4 Å². The van der Waals surface area contributed by atoms with Crippen LogP contribution in [0.3, 0.4) is 0 Å². The van der Waals surface area contributed by atoms with Crippen LogP contribution in [0.15, 0.2) is 71.3 Å². The number of benzene rings is 2. The molecule has 2 aromatic carbocycles. The maximum absolute atomic E-state index is 13.2. The van der Waals surface area contributed by atoms with Crippen LogP contribution in [0.2, 0.25) is 0 Å². The first-order chi connectivity index (χ1) is 26.2. The highest BCUT2D eigenvalue weighted by molar-refractivity contribution is 5.89. The van der Waals surface area contributed by atoms with E-state index in [2.05, 4.69) is 50.0 Å². The average Bonchev–Trinajstić information content (AvgIpc) is 3.66. The highest BCUT2D eigenvalue weighted by Crippen LogP contribution is 2.61. The Kier molecular flexibility index (Phi) is 11.5. The number of aromatic hydroxyl groups is 2. The van der Waals surface area contributed by atoms with Crippen molar-refractivity contribution in [1.29, 1.82) is 0 Å². The van der Waals surface area contributed by atoms with E-state index < -0.39 is 0 Å². The number of aryl methyl sites for hydroxylation is 1. The molecule has 0 heterocycles. The minimum atomic E-state index is -0.298. The fraction of sp³-hybridized carbons (Fsp3) is 0.522. The van der Waals surface area contributed by atoms with Crippen molar-refractivity contribution < 1.29 is 24.5 Å². The number of phenols is 2. The molecule has 2 aromatic rings. The number of methoxy groups -OCH3 is 1. The molecule has 0 aromatic heterocycles. The van der Waals surface area contributed by atoms with E-state index in [0.717, 1.165) is 73.6 Å². The van der Waals surface area contributed by atoms with Gasteiger partial charge in [0.15, 0.2) is 23.2 Å². The van der Waals surface area contributed by atoms with Gasteiger partial charge in [0.25, 0.3) is 0 Å². The number of nitrogens with two attached hydrogens (primary N) is 2. The van der Waals surface area contributed by atoms with E-state index in [1.165, 1.54) is 5.57 Å². The van der Waals surface area contributed by atoms with Crippen molar-refractivity contribution in [2.75, 3.05) is 7.11 Å². The molecule has 0 saturated heterocycles. The van der Waals surface area contributed by atoms with Crippen molar-refractivity contribution in [3.8, 4) is 29.1 Å². The lowest BCUT2D eigenvalue weighted by Crippen LogP contribution is -2.49. The van der Waals surface area contributed by atoms with Crippen LogP contribution in [0.4, 0.5) is 0 Å². The van der Waals surface area contributed by atoms with Crippen molar-refractivity contribution >= 4 is 11.7 Å². The van der Waals surface area contributed by atoms with Crippen molar-refractivity contribution in [2.45, 2.75) is 115 Å². The number of carbonyl (C=O) groups is 1. The molecule has 5 aliphatic carbocycles. The summed E-state index contributed by atoms with van der Waals surface area (Å²) in [6.45, 7) is 4.42. The smallest absolute Gasteiger partial charge is 0.186 e. The first-order valence-electron chi connectivity index (χ1n) is 20.2. The Morgan fingerprint density at radius 1 is 1.09 bits per heavy atom. The number of ketones is 1. The lowest BCUT2D eigenvalue weighted by atomic mass is 9.51. The molecule has 4 bridgehead atoms. The van der Waals surface area contributed by atoms with E-state index in [9.17, 15) is 15.0 Å². The first-order valence-corrected chi connectivity index (χ1v) is 20.2. The molecule has 7 rings (SSSR count).